The maximum atomic E-state index is 12.3. The highest BCUT2D eigenvalue weighted by Crippen LogP contribution is 2.25. The van der Waals surface area contributed by atoms with Gasteiger partial charge < -0.3 is 15.5 Å². The van der Waals surface area contributed by atoms with E-state index >= 15 is 0 Å². The van der Waals surface area contributed by atoms with Crippen LogP contribution in [0, 0.1) is 11.8 Å². The smallest absolute Gasteiger partial charge is 0.224 e. The van der Waals surface area contributed by atoms with E-state index in [0.29, 0.717) is 13.1 Å². The molecule has 1 aliphatic rings. The Hall–Kier alpha value is -1.33. The number of carbonyl (C=O) groups is 1. The van der Waals surface area contributed by atoms with Gasteiger partial charge in [-0.3, -0.25) is 9.69 Å². The maximum Gasteiger partial charge on any atom is 0.224 e. The molecule has 2 heterocycles. The van der Waals surface area contributed by atoms with E-state index in [-0.39, 0.29) is 23.8 Å². The summed E-state index contributed by atoms with van der Waals surface area (Å²) < 4.78 is 5.56. The lowest BCUT2D eigenvalue weighted by Crippen LogP contribution is -2.42. The molecule has 2 atom stereocenters. The van der Waals surface area contributed by atoms with Crippen LogP contribution in [0.1, 0.15) is 38.5 Å². The van der Waals surface area contributed by atoms with E-state index in [1.165, 1.54) is 12.8 Å². The van der Waals surface area contributed by atoms with Crippen LogP contribution in [0.25, 0.3) is 0 Å². The standard InChI is InChI=1S/C16H27N3O2/c1-12(2)13(10-17)16(20)18-11-14(15-6-5-9-21-15)19-7-3-4-8-19/h5-6,9,12-14H,3-4,7-8,10-11,17H2,1-2H3,(H,18,20). The second-order valence-electron chi connectivity index (χ2n) is 6.11. The molecule has 0 radical (unpaired) electrons. The fourth-order valence-electron chi connectivity index (χ4n) is 2.95. The average Bonchev–Trinajstić information content (AvgIpc) is 3.12. The third-order valence-corrected chi connectivity index (χ3v) is 4.32. The number of carbonyl (C=O) groups excluding carboxylic acids is 1. The Labute approximate surface area is 126 Å². The number of rotatable bonds is 7. The first-order chi connectivity index (χ1) is 10.1. The zero-order valence-corrected chi connectivity index (χ0v) is 13.0. The van der Waals surface area contributed by atoms with Crippen LogP contribution in [0.2, 0.25) is 0 Å². The Kier molecular flexibility index (Phi) is 5.82. The number of nitrogens with one attached hydrogen (secondary N) is 1. The summed E-state index contributed by atoms with van der Waals surface area (Å²) in [5.74, 6) is 1.10. The van der Waals surface area contributed by atoms with Crippen LogP contribution >= 0.6 is 0 Å². The predicted molar refractivity (Wildman–Crippen MR) is 82.6 cm³/mol. The average molecular weight is 293 g/mol. The molecular formula is C16H27N3O2. The molecule has 0 bridgehead atoms. The van der Waals surface area contributed by atoms with E-state index in [0.717, 1.165) is 18.8 Å². The molecule has 1 amide bonds. The summed E-state index contributed by atoms with van der Waals surface area (Å²) in [6.45, 7) is 7.15. The highest BCUT2D eigenvalue weighted by molar-refractivity contribution is 5.79. The van der Waals surface area contributed by atoms with Gasteiger partial charge in [-0.05, 0) is 44.0 Å². The zero-order chi connectivity index (χ0) is 15.2. The van der Waals surface area contributed by atoms with Crippen molar-refractivity contribution in [2.24, 2.45) is 17.6 Å². The Morgan fingerprint density at radius 2 is 2.14 bits per heavy atom. The minimum atomic E-state index is -0.124. The van der Waals surface area contributed by atoms with Crippen molar-refractivity contribution in [3.8, 4) is 0 Å². The first-order valence-electron chi connectivity index (χ1n) is 7.88. The van der Waals surface area contributed by atoms with Crippen molar-refractivity contribution in [1.82, 2.24) is 10.2 Å². The van der Waals surface area contributed by atoms with Gasteiger partial charge in [0.25, 0.3) is 0 Å². The largest absolute Gasteiger partial charge is 0.468 e. The van der Waals surface area contributed by atoms with Crippen LogP contribution in [0.3, 0.4) is 0 Å². The topological polar surface area (TPSA) is 71.5 Å². The van der Waals surface area contributed by atoms with Crippen molar-refractivity contribution < 1.29 is 9.21 Å². The van der Waals surface area contributed by atoms with Crippen LogP contribution in [0.5, 0.6) is 0 Å². The summed E-state index contributed by atoms with van der Waals surface area (Å²) in [7, 11) is 0. The Bertz CT molecular complexity index is 425. The highest BCUT2D eigenvalue weighted by atomic mass is 16.3. The third kappa shape index (κ3) is 4.08. The van der Waals surface area contributed by atoms with Gasteiger partial charge in [0, 0.05) is 13.1 Å². The van der Waals surface area contributed by atoms with E-state index < -0.39 is 0 Å². The summed E-state index contributed by atoms with van der Waals surface area (Å²) in [6.07, 6.45) is 4.11. The van der Waals surface area contributed by atoms with Crippen molar-refractivity contribution in [2.45, 2.75) is 32.7 Å². The van der Waals surface area contributed by atoms with E-state index in [2.05, 4.69) is 10.2 Å². The molecule has 0 aliphatic carbocycles. The molecule has 2 rings (SSSR count). The molecule has 5 nitrogen and oxygen atoms in total. The lowest BCUT2D eigenvalue weighted by atomic mass is 9.95. The third-order valence-electron chi connectivity index (χ3n) is 4.32. The molecule has 21 heavy (non-hydrogen) atoms. The molecule has 2 unspecified atom stereocenters. The van der Waals surface area contributed by atoms with Gasteiger partial charge in [0.1, 0.15) is 5.76 Å². The molecule has 1 aromatic heterocycles. The number of nitrogens with zero attached hydrogens (tertiary/aromatic N) is 1. The Morgan fingerprint density at radius 1 is 1.43 bits per heavy atom. The summed E-state index contributed by atoms with van der Waals surface area (Å²) in [6, 6.07) is 4.01. The van der Waals surface area contributed by atoms with Gasteiger partial charge in [-0.1, -0.05) is 13.8 Å². The summed E-state index contributed by atoms with van der Waals surface area (Å²) in [5.41, 5.74) is 5.71. The lowest BCUT2D eigenvalue weighted by Gasteiger charge is -2.27. The summed E-state index contributed by atoms with van der Waals surface area (Å²) >= 11 is 0. The van der Waals surface area contributed by atoms with Gasteiger partial charge in [0.2, 0.25) is 5.91 Å². The van der Waals surface area contributed by atoms with E-state index in [1.54, 1.807) is 6.26 Å². The molecule has 118 valence electrons. The van der Waals surface area contributed by atoms with Gasteiger partial charge in [-0.25, -0.2) is 0 Å². The fraction of sp³-hybridized carbons (Fsp3) is 0.688. The number of nitrogens with two attached hydrogens (primary N) is 1. The number of likely N-dealkylation sites (tertiary alicyclic amines) is 1. The molecule has 5 heteroatoms. The Balaban J connectivity index is 1.97. The predicted octanol–water partition coefficient (Wildman–Crippen LogP) is 1.76. The van der Waals surface area contributed by atoms with Crippen LogP contribution in [0.15, 0.2) is 22.8 Å². The molecule has 0 spiro atoms. The van der Waals surface area contributed by atoms with E-state index in [4.69, 9.17) is 10.2 Å². The highest BCUT2D eigenvalue weighted by Gasteiger charge is 2.27. The van der Waals surface area contributed by atoms with E-state index in [9.17, 15) is 4.79 Å². The molecule has 1 saturated heterocycles. The number of amides is 1. The van der Waals surface area contributed by atoms with Gasteiger partial charge in [0.15, 0.2) is 0 Å². The zero-order valence-electron chi connectivity index (χ0n) is 13.0. The van der Waals surface area contributed by atoms with Crippen molar-refractivity contribution in [2.75, 3.05) is 26.2 Å². The monoisotopic (exact) mass is 293 g/mol. The number of hydrogen-bond acceptors (Lipinski definition) is 4. The molecule has 1 fully saturated rings. The number of furan rings is 1. The van der Waals surface area contributed by atoms with Gasteiger partial charge >= 0.3 is 0 Å². The molecule has 0 saturated carbocycles. The van der Waals surface area contributed by atoms with Gasteiger partial charge in [-0.15, -0.1) is 0 Å². The normalized spacial score (nSPS) is 18.9. The van der Waals surface area contributed by atoms with Crippen molar-refractivity contribution >= 4 is 5.91 Å². The molecule has 3 N–H and O–H groups in total. The molecular weight excluding hydrogens is 266 g/mol. The maximum absolute atomic E-state index is 12.3. The first kappa shape index (κ1) is 16.0. The SMILES string of the molecule is CC(C)C(CN)C(=O)NCC(c1ccco1)N1CCCC1. The van der Waals surface area contributed by atoms with E-state index in [1.807, 2.05) is 26.0 Å². The first-order valence-corrected chi connectivity index (χ1v) is 7.88. The quantitative estimate of drug-likeness (QED) is 0.803. The second-order valence-corrected chi connectivity index (χ2v) is 6.11. The van der Waals surface area contributed by atoms with Crippen LogP contribution in [-0.4, -0.2) is 37.0 Å². The van der Waals surface area contributed by atoms with Crippen LogP contribution < -0.4 is 11.1 Å². The van der Waals surface area contributed by atoms with Gasteiger partial charge in [0.05, 0.1) is 18.2 Å². The minimum Gasteiger partial charge on any atom is -0.468 e. The minimum absolute atomic E-state index is 0.0447. The van der Waals surface area contributed by atoms with Crippen LogP contribution in [-0.2, 0) is 4.79 Å². The van der Waals surface area contributed by atoms with Crippen molar-refractivity contribution in [1.29, 1.82) is 0 Å². The lowest BCUT2D eigenvalue weighted by molar-refractivity contribution is -0.126. The molecule has 1 aliphatic heterocycles. The summed E-state index contributed by atoms with van der Waals surface area (Å²) in [5, 5.41) is 3.06. The van der Waals surface area contributed by atoms with Crippen molar-refractivity contribution in [3.63, 3.8) is 0 Å². The summed E-state index contributed by atoms with van der Waals surface area (Å²) in [4.78, 5) is 14.6. The molecule has 0 aromatic carbocycles. The van der Waals surface area contributed by atoms with Crippen LogP contribution in [0.4, 0.5) is 0 Å². The fourth-order valence-corrected chi connectivity index (χ4v) is 2.95. The van der Waals surface area contributed by atoms with Crippen molar-refractivity contribution in [3.05, 3.63) is 24.2 Å². The second kappa shape index (κ2) is 7.61. The van der Waals surface area contributed by atoms with Gasteiger partial charge in [-0.2, -0.15) is 0 Å². The number of hydrogen-bond donors (Lipinski definition) is 2. The Morgan fingerprint density at radius 3 is 2.67 bits per heavy atom. The molecule has 1 aromatic rings.